The lowest BCUT2D eigenvalue weighted by atomic mass is 10.3. The highest BCUT2D eigenvalue weighted by molar-refractivity contribution is 5.71. The minimum Gasteiger partial charge on any atom is -0.446 e. The minimum absolute atomic E-state index is 0.0430. The molecule has 1 N–H and O–H groups in total. The normalized spacial score (nSPS) is 32.0. The van der Waals surface area contributed by atoms with Crippen LogP contribution in [0.25, 0.3) is 0 Å². The molecule has 2 aliphatic rings. The quantitative estimate of drug-likeness (QED) is 0.541. The van der Waals surface area contributed by atoms with Gasteiger partial charge in [-0.05, 0) is 0 Å². The molecular weight excluding hydrogens is 156 g/mol. The average molecular weight is 170 g/mol. The molecule has 4 heteroatoms. The van der Waals surface area contributed by atoms with E-state index >= 15 is 0 Å². The van der Waals surface area contributed by atoms with Crippen LogP contribution < -0.4 is 5.32 Å². The van der Waals surface area contributed by atoms with Crippen LogP contribution in [0.2, 0.25) is 0 Å². The second kappa shape index (κ2) is 3.41. The number of hydrogen-bond acceptors (Lipinski definition) is 4. The van der Waals surface area contributed by atoms with Crippen molar-refractivity contribution in [3.8, 4) is 0 Å². The number of carbonyl (C=O) groups excluding carboxylic acids is 1. The number of carbonyl (C=O) groups is 1. The molecule has 0 saturated carbocycles. The van der Waals surface area contributed by atoms with Crippen LogP contribution in [0.5, 0.6) is 0 Å². The van der Waals surface area contributed by atoms with Gasteiger partial charge < -0.3 is 10.1 Å². The summed E-state index contributed by atoms with van der Waals surface area (Å²) in [6.07, 6.45) is 1.53. The standard InChI is InChI=1S/C8H14N2O2/c11-8-2-1-7(12-8)10-5-3-9-4-6-10/h7,9H,1-6H2. The van der Waals surface area contributed by atoms with E-state index in [0.29, 0.717) is 6.42 Å². The summed E-state index contributed by atoms with van der Waals surface area (Å²) in [5.74, 6) is -0.0430. The number of hydrogen-bond donors (Lipinski definition) is 1. The van der Waals surface area contributed by atoms with E-state index < -0.39 is 0 Å². The van der Waals surface area contributed by atoms with Crippen molar-refractivity contribution in [2.24, 2.45) is 0 Å². The van der Waals surface area contributed by atoms with Gasteiger partial charge in [-0.1, -0.05) is 0 Å². The Morgan fingerprint density at radius 3 is 2.75 bits per heavy atom. The summed E-state index contributed by atoms with van der Waals surface area (Å²) in [5, 5.41) is 3.27. The molecule has 2 saturated heterocycles. The molecule has 68 valence electrons. The van der Waals surface area contributed by atoms with Crippen molar-refractivity contribution in [3.63, 3.8) is 0 Å². The molecule has 2 fully saturated rings. The predicted molar refractivity (Wildman–Crippen MR) is 43.6 cm³/mol. The van der Waals surface area contributed by atoms with Crippen LogP contribution in [0.1, 0.15) is 12.8 Å². The van der Waals surface area contributed by atoms with Gasteiger partial charge >= 0.3 is 5.97 Å². The summed E-state index contributed by atoms with van der Waals surface area (Å²) in [6, 6.07) is 0. The fraction of sp³-hybridized carbons (Fsp3) is 0.875. The molecule has 0 aromatic heterocycles. The number of rotatable bonds is 1. The zero-order valence-electron chi connectivity index (χ0n) is 7.08. The van der Waals surface area contributed by atoms with Crippen molar-refractivity contribution in [3.05, 3.63) is 0 Å². The first-order valence-corrected chi connectivity index (χ1v) is 4.50. The Morgan fingerprint density at radius 1 is 1.42 bits per heavy atom. The van der Waals surface area contributed by atoms with Crippen molar-refractivity contribution in [1.82, 2.24) is 10.2 Å². The van der Waals surface area contributed by atoms with Gasteiger partial charge in [-0.25, -0.2) is 0 Å². The van der Waals surface area contributed by atoms with Gasteiger partial charge in [0.05, 0.1) is 6.42 Å². The maximum absolute atomic E-state index is 10.8. The SMILES string of the molecule is O=C1CCC(N2CCNCC2)O1. The van der Waals surface area contributed by atoms with E-state index in [1.165, 1.54) is 0 Å². The first kappa shape index (κ1) is 8.01. The van der Waals surface area contributed by atoms with E-state index in [2.05, 4.69) is 10.2 Å². The summed E-state index contributed by atoms with van der Waals surface area (Å²) in [6.45, 7) is 4.01. The van der Waals surface area contributed by atoms with Crippen LogP contribution in [-0.4, -0.2) is 43.3 Å². The molecule has 0 bridgehead atoms. The van der Waals surface area contributed by atoms with Crippen LogP contribution in [-0.2, 0) is 9.53 Å². The van der Waals surface area contributed by atoms with E-state index in [9.17, 15) is 4.79 Å². The fourth-order valence-corrected chi connectivity index (χ4v) is 1.74. The van der Waals surface area contributed by atoms with Crippen molar-refractivity contribution in [2.45, 2.75) is 19.1 Å². The number of nitrogens with one attached hydrogen (secondary N) is 1. The Kier molecular flexibility index (Phi) is 2.28. The van der Waals surface area contributed by atoms with Crippen LogP contribution in [0, 0.1) is 0 Å². The van der Waals surface area contributed by atoms with E-state index in [-0.39, 0.29) is 12.2 Å². The van der Waals surface area contributed by atoms with E-state index in [1.54, 1.807) is 0 Å². The molecule has 2 rings (SSSR count). The molecule has 1 atom stereocenters. The van der Waals surface area contributed by atoms with Crippen molar-refractivity contribution >= 4 is 5.97 Å². The highest BCUT2D eigenvalue weighted by Crippen LogP contribution is 2.17. The van der Waals surface area contributed by atoms with Gasteiger partial charge in [0.1, 0.15) is 0 Å². The number of piperazine rings is 1. The third kappa shape index (κ3) is 1.59. The summed E-state index contributed by atoms with van der Waals surface area (Å²) >= 11 is 0. The van der Waals surface area contributed by atoms with Gasteiger partial charge in [-0.3, -0.25) is 9.69 Å². The van der Waals surface area contributed by atoms with Crippen LogP contribution >= 0.6 is 0 Å². The van der Waals surface area contributed by atoms with Crippen molar-refractivity contribution in [1.29, 1.82) is 0 Å². The summed E-state index contributed by atoms with van der Waals surface area (Å²) in [7, 11) is 0. The van der Waals surface area contributed by atoms with Gasteiger partial charge in [-0.2, -0.15) is 0 Å². The van der Waals surface area contributed by atoms with Gasteiger partial charge in [0.25, 0.3) is 0 Å². The highest BCUT2D eigenvalue weighted by Gasteiger charge is 2.29. The molecule has 0 aliphatic carbocycles. The zero-order chi connectivity index (χ0) is 8.39. The zero-order valence-corrected chi connectivity index (χ0v) is 7.08. The summed E-state index contributed by atoms with van der Waals surface area (Å²) in [5.41, 5.74) is 0. The Morgan fingerprint density at radius 2 is 2.17 bits per heavy atom. The highest BCUT2D eigenvalue weighted by atomic mass is 16.6. The maximum atomic E-state index is 10.8. The summed E-state index contributed by atoms with van der Waals surface area (Å²) < 4.78 is 5.16. The predicted octanol–water partition coefficient (Wildman–Crippen LogP) is -0.445. The van der Waals surface area contributed by atoms with Crippen LogP contribution in [0.15, 0.2) is 0 Å². The third-order valence-electron chi connectivity index (χ3n) is 2.42. The molecule has 0 radical (unpaired) electrons. The number of nitrogens with zero attached hydrogens (tertiary/aromatic N) is 1. The topological polar surface area (TPSA) is 41.6 Å². The first-order chi connectivity index (χ1) is 5.86. The van der Waals surface area contributed by atoms with Gasteiger partial charge in [0, 0.05) is 32.6 Å². The Labute approximate surface area is 71.9 Å². The number of esters is 1. The van der Waals surface area contributed by atoms with E-state index in [0.717, 1.165) is 32.6 Å². The largest absolute Gasteiger partial charge is 0.446 e. The second-order valence-corrected chi connectivity index (χ2v) is 3.27. The molecule has 0 amide bonds. The molecule has 12 heavy (non-hydrogen) atoms. The molecule has 2 aliphatic heterocycles. The Hall–Kier alpha value is -0.610. The minimum atomic E-state index is -0.0430. The average Bonchev–Trinajstić information content (AvgIpc) is 2.54. The lowest BCUT2D eigenvalue weighted by Gasteiger charge is -2.31. The van der Waals surface area contributed by atoms with Gasteiger partial charge in [-0.15, -0.1) is 0 Å². The van der Waals surface area contributed by atoms with E-state index in [1.807, 2.05) is 0 Å². The van der Waals surface area contributed by atoms with E-state index in [4.69, 9.17) is 4.74 Å². The monoisotopic (exact) mass is 170 g/mol. The first-order valence-electron chi connectivity index (χ1n) is 4.50. The number of ether oxygens (including phenoxy) is 1. The second-order valence-electron chi connectivity index (χ2n) is 3.27. The Balaban J connectivity index is 1.86. The lowest BCUT2D eigenvalue weighted by molar-refractivity contribution is -0.148. The molecule has 2 heterocycles. The van der Waals surface area contributed by atoms with Gasteiger partial charge in [0.15, 0.2) is 6.23 Å². The maximum Gasteiger partial charge on any atom is 0.307 e. The Bertz CT molecular complexity index is 178. The molecule has 0 spiro atoms. The fourth-order valence-electron chi connectivity index (χ4n) is 1.74. The molecule has 1 unspecified atom stereocenters. The van der Waals surface area contributed by atoms with Crippen molar-refractivity contribution < 1.29 is 9.53 Å². The number of cyclic esters (lactones) is 1. The van der Waals surface area contributed by atoms with Gasteiger partial charge in [0.2, 0.25) is 0 Å². The summed E-state index contributed by atoms with van der Waals surface area (Å²) in [4.78, 5) is 13.1. The third-order valence-corrected chi connectivity index (χ3v) is 2.42. The smallest absolute Gasteiger partial charge is 0.307 e. The molecule has 0 aromatic carbocycles. The van der Waals surface area contributed by atoms with Crippen LogP contribution in [0.4, 0.5) is 0 Å². The molecule has 4 nitrogen and oxygen atoms in total. The lowest BCUT2D eigenvalue weighted by Crippen LogP contribution is -2.48. The molecular formula is C8H14N2O2. The van der Waals surface area contributed by atoms with Crippen molar-refractivity contribution in [2.75, 3.05) is 26.2 Å². The molecule has 0 aromatic rings. The van der Waals surface area contributed by atoms with Crippen LogP contribution in [0.3, 0.4) is 0 Å².